The summed E-state index contributed by atoms with van der Waals surface area (Å²) >= 11 is 0. The first kappa shape index (κ1) is 76.9. The molecule has 1 atom stereocenters. The van der Waals surface area contributed by atoms with Crippen LogP contribution in [0.3, 0.4) is 0 Å². The molecule has 79 heavy (non-hydrogen) atoms. The molecule has 1 unspecified atom stereocenters. The van der Waals surface area contributed by atoms with Crippen molar-refractivity contribution in [1.29, 1.82) is 0 Å². The number of allylic oxidation sites excluding steroid dienone is 4. The molecular formula is C73H138O6. The first-order chi connectivity index (χ1) is 39.0. The molecule has 0 radical (unpaired) electrons. The van der Waals surface area contributed by atoms with Crippen LogP contribution in [0.5, 0.6) is 0 Å². The highest BCUT2D eigenvalue weighted by Gasteiger charge is 2.19. The normalized spacial score (nSPS) is 12.1. The number of ether oxygens (including phenoxy) is 3. The van der Waals surface area contributed by atoms with Gasteiger partial charge in [0.05, 0.1) is 0 Å². The molecule has 0 aliphatic carbocycles. The van der Waals surface area contributed by atoms with E-state index in [9.17, 15) is 14.4 Å². The minimum Gasteiger partial charge on any atom is -0.462 e. The van der Waals surface area contributed by atoms with Crippen LogP contribution in [0.1, 0.15) is 406 Å². The van der Waals surface area contributed by atoms with Gasteiger partial charge in [0.15, 0.2) is 6.10 Å². The lowest BCUT2D eigenvalue weighted by atomic mass is 10.0. The standard InChI is InChI=1S/C73H138O6/c1-4-7-10-13-16-19-21-23-25-27-29-31-33-34-35-36-37-38-39-41-42-44-46-48-50-52-54-57-60-63-66-72(75)78-69-70(68-77-71(74)65-62-59-56-18-15-12-9-6-3)79-73(76)67-64-61-58-55-53-51-49-47-45-43-40-32-30-28-26-24-22-20-17-14-11-8-5-2/h22,24,28,30,70H,4-21,23,25-27,29,31-69H2,1-3H3/b24-22-,30-28-. The molecular weight excluding hydrogens is 973 g/mol. The first-order valence-electron chi connectivity index (χ1n) is 35.8. The molecule has 6 heteroatoms. The highest BCUT2D eigenvalue weighted by atomic mass is 16.6. The molecule has 0 fully saturated rings. The highest BCUT2D eigenvalue weighted by molar-refractivity contribution is 5.71. The van der Waals surface area contributed by atoms with Crippen LogP contribution in [-0.2, 0) is 28.6 Å². The molecule has 0 bridgehead atoms. The summed E-state index contributed by atoms with van der Waals surface area (Å²) in [6.07, 6.45) is 83.8. The lowest BCUT2D eigenvalue weighted by Gasteiger charge is -2.18. The van der Waals surface area contributed by atoms with Gasteiger partial charge in [0.1, 0.15) is 13.2 Å². The number of esters is 3. The second-order valence-electron chi connectivity index (χ2n) is 24.5. The van der Waals surface area contributed by atoms with E-state index in [-0.39, 0.29) is 31.1 Å². The van der Waals surface area contributed by atoms with Gasteiger partial charge in [0.2, 0.25) is 0 Å². The predicted molar refractivity (Wildman–Crippen MR) is 344 cm³/mol. The summed E-state index contributed by atoms with van der Waals surface area (Å²) in [7, 11) is 0. The fourth-order valence-electron chi connectivity index (χ4n) is 11.1. The Morgan fingerprint density at radius 2 is 0.456 bits per heavy atom. The van der Waals surface area contributed by atoms with E-state index in [2.05, 4.69) is 45.1 Å². The summed E-state index contributed by atoms with van der Waals surface area (Å²) in [5.41, 5.74) is 0. The number of carbonyl (C=O) groups is 3. The van der Waals surface area contributed by atoms with Crippen molar-refractivity contribution in [1.82, 2.24) is 0 Å². The first-order valence-corrected chi connectivity index (χ1v) is 35.8. The van der Waals surface area contributed by atoms with Gasteiger partial charge in [-0.05, 0) is 51.4 Å². The van der Waals surface area contributed by atoms with E-state index >= 15 is 0 Å². The van der Waals surface area contributed by atoms with Gasteiger partial charge in [-0.3, -0.25) is 14.4 Å². The maximum Gasteiger partial charge on any atom is 0.306 e. The second kappa shape index (κ2) is 68.4. The molecule has 0 rings (SSSR count). The summed E-state index contributed by atoms with van der Waals surface area (Å²) in [6, 6.07) is 0. The Labute approximate surface area is 493 Å². The Hall–Kier alpha value is -2.11. The van der Waals surface area contributed by atoms with Crippen molar-refractivity contribution in [2.75, 3.05) is 13.2 Å². The molecule has 0 aromatic heterocycles. The van der Waals surface area contributed by atoms with Crippen molar-refractivity contribution < 1.29 is 28.6 Å². The van der Waals surface area contributed by atoms with Crippen molar-refractivity contribution >= 4 is 17.9 Å². The Balaban J connectivity index is 4.03. The zero-order chi connectivity index (χ0) is 57.1. The third-order valence-corrected chi connectivity index (χ3v) is 16.5. The number of rotatable bonds is 67. The van der Waals surface area contributed by atoms with Gasteiger partial charge in [0.25, 0.3) is 0 Å². The van der Waals surface area contributed by atoms with Crippen molar-refractivity contribution in [2.24, 2.45) is 0 Å². The fraction of sp³-hybridized carbons (Fsp3) is 0.904. The van der Waals surface area contributed by atoms with Crippen LogP contribution in [0, 0.1) is 0 Å². The summed E-state index contributed by atoms with van der Waals surface area (Å²) in [4.78, 5) is 38.2. The SMILES string of the molecule is CCCCCCC/C=C\C/C=C\CCCCCCCCCCCCCC(=O)OC(COC(=O)CCCCCCCCCC)COC(=O)CCCCCCCCCCCCCCCCCCCCCCCCCCCCCCCC. The average Bonchev–Trinajstić information content (AvgIpc) is 3.45. The smallest absolute Gasteiger partial charge is 0.306 e. The summed E-state index contributed by atoms with van der Waals surface area (Å²) in [5, 5.41) is 0. The Morgan fingerprint density at radius 3 is 0.696 bits per heavy atom. The van der Waals surface area contributed by atoms with Crippen molar-refractivity contribution in [3.8, 4) is 0 Å². The maximum absolute atomic E-state index is 12.9. The average molecular weight is 1110 g/mol. The Bertz CT molecular complexity index is 1270. The molecule has 0 heterocycles. The fourth-order valence-corrected chi connectivity index (χ4v) is 11.1. The van der Waals surface area contributed by atoms with Gasteiger partial charge < -0.3 is 14.2 Å². The van der Waals surface area contributed by atoms with E-state index in [0.717, 1.165) is 64.2 Å². The van der Waals surface area contributed by atoms with E-state index < -0.39 is 6.10 Å². The van der Waals surface area contributed by atoms with Crippen LogP contribution in [0.4, 0.5) is 0 Å². The minimum atomic E-state index is -0.768. The van der Waals surface area contributed by atoms with Crippen LogP contribution in [0.2, 0.25) is 0 Å². The van der Waals surface area contributed by atoms with Crippen molar-refractivity contribution in [2.45, 2.75) is 412 Å². The number of hydrogen-bond acceptors (Lipinski definition) is 6. The van der Waals surface area contributed by atoms with Crippen LogP contribution in [-0.4, -0.2) is 37.2 Å². The van der Waals surface area contributed by atoms with Gasteiger partial charge in [-0.2, -0.15) is 0 Å². The van der Waals surface area contributed by atoms with Gasteiger partial charge in [-0.25, -0.2) is 0 Å². The van der Waals surface area contributed by atoms with Crippen LogP contribution in [0.15, 0.2) is 24.3 Å². The molecule has 0 amide bonds. The molecule has 0 saturated carbocycles. The van der Waals surface area contributed by atoms with E-state index in [1.54, 1.807) is 0 Å². The zero-order valence-electron chi connectivity index (χ0n) is 53.7. The highest BCUT2D eigenvalue weighted by Crippen LogP contribution is 2.19. The van der Waals surface area contributed by atoms with Crippen LogP contribution < -0.4 is 0 Å². The van der Waals surface area contributed by atoms with E-state index in [4.69, 9.17) is 14.2 Å². The Kier molecular flexibility index (Phi) is 66.6. The molecule has 0 aliphatic rings. The van der Waals surface area contributed by atoms with Crippen LogP contribution in [0.25, 0.3) is 0 Å². The number of hydrogen-bond donors (Lipinski definition) is 0. The van der Waals surface area contributed by atoms with Gasteiger partial charge in [0, 0.05) is 19.3 Å². The van der Waals surface area contributed by atoms with Crippen molar-refractivity contribution in [3.63, 3.8) is 0 Å². The molecule has 466 valence electrons. The van der Waals surface area contributed by atoms with Crippen LogP contribution >= 0.6 is 0 Å². The number of unbranched alkanes of at least 4 members (excludes halogenated alkanes) is 52. The third kappa shape index (κ3) is 66.6. The molecule has 0 saturated heterocycles. The topological polar surface area (TPSA) is 78.9 Å². The largest absolute Gasteiger partial charge is 0.462 e. The molecule has 0 aliphatic heterocycles. The van der Waals surface area contributed by atoms with Gasteiger partial charge in [-0.15, -0.1) is 0 Å². The monoisotopic (exact) mass is 1110 g/mol. The van der Waals surface area contributed by atoms with E-state index in [0.29, 0.717) is 19.3 Å². The number of carbonyl (C=O) groups excluding carboxylic acids is 3. The molecule has 0 spiro atoms. The molecule has 6 nitrogen and oxygen atoms in total. The summed E-state index contributed by atoms with van der Waals surface area (Å²) in [5.74, 6) is -0.844. The molecule has 0 aromatic carbocycles. The van der Waals surface area contributed by atoms with Gasteiger partial charge in [-0.1, -0.05) is 360 Å². The molecule has 0 N–H and O–H groups in total. The lowest BCUT2D eigenvalue weighted by molar-refractivity contribution is -0.167. The third-order valence-electron chi connectivity index (χ3n) is 16.5. The maximum atomic E-state index is 12.9. The van der Waals surface area contributed by atoms with Crippen molar-refractivity contribution in [3.05, 3.63) is 24.3 Å². The van der Waals surface area contributed by atoms with E-state index in [1.165, 1.54) is 302 Å². The zero-order valence-corrected chi connectivity index (χ0v) is 53.7. The van der Waals surface area contributed by atoms with Gasteiger partial charge >= 0.3 is 17.9 Å². The second-order valence-corrected chi connectivity index (χ2v) is 24.5. The minimum absolute atomic E-state index is 0.0660. The molecule has 0 aromatic rings. The lowest BCUT2D eigenvalue weighted by Crippen LogP contribution is -2.30. The predicted octanol–water partition coefficient (Wildman–Crippen LogP) is 24.6. The summed E-state index contributed by atoms with van der Waals surface area (Å²) < 4.78 is 16.9. The quantitative estimate of drug-likeness (QED) is 0.0261. The Morgan fingerprint density at radius 1 is 0.253 bits per heavy atom. The summed E-state index contributed by atoms with van der Waals surface area (Å²) in [6.45, 7) is 6.68. The van der Waals surface area contributed by atoms with E-state index in [1.807, 2.05) is 0 Å².